The van der Waals surface area contributed by atoms with Crippen LogP contribution in [-0.2, 0) is 6.54 Å². The number of hydrogen-bond acceptors (Lipinski definition) is 2. The van der Waals surface area contributed by atoms with Crippen LogP contribution < -0.4 is 5.73 Å². The van der Waals surface area contributed by atoms with Gasteiger partial charge in [0.1, 0.15) is 5.82 Å². The van der Waals surface area contributed by atoms with Crippen LogP contribution in [0.4, 0.5) is 8.78 Å². The fraction of sp³-hybridized carbons (Fsp3) is 0.278. The number of halogens is 2. The van der Waals surface area contributed by atoms with Crippen LogP contribution in [-0.4, -0.2) is 15.1 Å². The van der Waals surface area contributed by atoms with Gasteiger partial charge in [-0.1, -0.05) is 24.3 Å². The molecule has 0 spiro atoms. The van der Waals surface area contributed by atoms with Crippen molar-refractivity contribution in [2.24, 2.45) is 5.73 Å². The average Bonchev–Trinajstić information content (AvgIpc) is 2.76. The van der Waals surface area contributed by atoms with E-state index in [4.69, 9.17) is 5.73 Å². The highest BCUT2D eigenvalue weighted by atomic mass is 19.2. The minimum absolute atomic E-state index is 0.423. The van der Waals surface area contributed by atoms with Gasteiger partial charge < -0.3 is 10.3 Å². The maximum Gasteiger partial charge on any atom is 0.161 e. The smallest absolute Gasteiger partial charge is 0.161 e. The molecule has 0 radical (unpaired) electrons. The van der Waals surface area contributed by atoms with Crippen LogP contribution in [0.5, 0.6) is 0 Å². The molecule has 2 aromatic carbocycles. The minimum Gasteiger partial charge on any atom is -0.324 e. The first-order valence-corrected chi connectivity index (χ1v) is 7.46. The Morgan fingerprint density at radius 3 is 2.43 bits per heavy atom. The molecular weight excluding hydrogens is 296 g/mol. The van der Waals surface area contributed by atoms with E-state index >= 15 is 0 Å². The lowest BCUT2D eigenvalue weighted by atomic mass is 10.1. The summed E-state index contributed by atoms with van der Waals surface area (Å²) < 4.78 is 29.1. The Kier molecular flexibility index (Phi) is 3.68. The van der Waals surface area contributed by atoms with E-state index in [0.29, 0.717) is 23.4 Å². The highest BCUT2D eigenvalue weighted by molar-refractivity contribution is 5.81. The highest BCUT2D eigenvalue weighted by Crippen LogP contribution is 2.29. The maximum atomic E-state index is 13.7. The third-order valence-electron chi connectivity index (χ3n) is 3.74. The van der Waals surface area contributed by atoms with Crippen LogP contribution in [0.2, 0.25) is 0 Å². The fourth-order valence-corrected chi connectivity index (χ4v) is 2.72. The molecule has 0 unspecified atom stereocenters. The summed E-state index contributed by atoms with van der Waals surface area (Å²) in [6.07, 6.45) is 0. The van der Waals surface area contributed by atoms with Crippen molar-refractivity contribution < 1.29 is 8.78 Å². The number of nitrogens with zero attached hydrogens (tertiary/aromatic N) is 2. The first kappa shape index (κ1) is 15.6. The van der Waals surface area contributed by atoms with E-state index in [1.807, 2.05) is 49.6 Å². The van der Waals surface area contributed by atoms with Gasteiger partial charge in [-0.15, -0.1) is 0 Å². The van der Waals surface area contributed by atoms with Gasteiger partial charge >= 0.3 is 0 Å². The Hall–Kier alpha value is -2.27. The number of nitrogens with two attached hydrogens (primary N) is 1. The molecule has 1 aromatic heterocycles. The second-order valence-corrected chi connectivity index (χ2v) is 6.58. The van der Waals surface area contributed by atoms with Crippen LogP contribution in [0.3, 0.4) is 0 Å². The van der Waals surface area contributed by atoms with E-state index in [9.17, 15) is 8.78 Å². The normalized spacial score (nSPS) is 12.1. The van der Waals surface area contributed by atoms with Gasteiger partial charge in [-0.25, -0.2) is 13.8 Å². The van der Waals surface area contributed by atoms with Crippen LogP contribution in [0.15, 0.2) is 36.4 Å². The molecule has 1 heterocycles. The van der Waals surface area contributed by atoms with Crippen LogP contribution in [0, 0.1) is 18.6 Å². The molecule has 0 aliphatic rings. The van der Waals surface area contributed by atoms with Gasteiger partial charge in [0, 0.05) is 29.8 Å². The predicted octanol–water partition coefficient (Wildman–Crippen LogP) is 4.03. The van der Waals surface area contributed by atoms with Gasteiger partial charge in [0.15, 0.2) is 11.6 Å². The Labute approximate surface area is 133 Å². The summed E-state index contributed by atoms with van der Waals surface area (Å²) in [6.45, 7) is 6.20. The summed E-state index contributed by atoms with van der Waals surface area (Å²) in [6, 6.07) is 10.1. The molecule has 2 N–H and O–H groups in total. The number of benzene rings is 2. The number of hydrogen-bond donors (Lipinski definition) is 1. The van der Waals surface area contributed by atoms with Crippen molar-refractivity contribution in [1.29, 1.82) is 0 Å². The second-order valence-electron chi connectivity index (χ2n) is 6.58. The van der Waals surface area contributed by atoms with E-state index in [0.717, 1.165) is 17.2 Å². The molecule has 0 atom stereocenters. The summed E-state index contributed by atoms with van der Waals surface area (Å²) in [7, 11) is 0. The van der Waals surface area contributed by atoms with Crippen LogP contribution >= 0.6 is 0 Å². The molecule has 5 heteroatoms. The van der Waals surface area contributed by atoms with Crippen molar-refractivity contribution in [1.82, 2.24) is 9.55 Å². The Bertz CT molecular complexity index is 876. The molecule has 0 bridgehead atoms. The van der Waals surface area contributed by atoms with Gasteiger partial charge in [0.2, 0.25) is 0 Å². The lowest BCUT2D eigenvalue weighted by Crippen LogP contribution is -2.37. The lowest BCUT2D eigenvalue weighted by molar-refractivity contribution is 0.442. The minimum atomic E-state index is -0.898. The fourth-order valence-electron chi connectivity index (χ4n) is 2.72. The van der Waals surface area contributed by atoms with Crippen molar-refractivity contribution >= 4 is 11.0 Å². The molecule has 0 saturated heterocycles. The topological polar surface area (TPSA) is 43.8 Å². The van der Waals surface area contributed by atoms with Crippen molar-refractivity contribution in [3.05, 3.63) is 53.6 Å². The van der Waals surface area contributed by atoms with Crippen LogP contribution in [0.25, 0.3) is 22.4 Å². The Morgan fingerprint density at radius 2 is 1.78 bits per heavy atom. The van der Waals surface area contributed by atoms with E-state index in [2.05, 4.69) is 4.98 Å². The molecule has 3 rings (SSSR count). The van der Waals surface area contributed by atoms with Crippen LogP contribution in [0.1, 0.15) is 19.4 Å². The summed E-state index contributed by atoms with van der Waals surface area (Å²) in [5, 5.41) is 0. The zero-order valence-electron chi connectivity index (χ0n) is 13.4. The van der Waals surface area contributed by atoms with Gasteiger partial charge in [0.25, 0.3) is 0 Å². The quantitative estimate of drug-likeness (QED) is 0.793. The van der Waals surface area contributed by atoms with Gasteiger partial charge in [-0.05, 0) is 26.3 Å². The van der Waals surface area contributed by atoms with Crippen molar-refractivity contribution in [3.8, 4) is 11.4 Å². The number of aromatic nitrogens is 2. The molecule has 0 aliphatic heterocycles. The molecule has 3 nitrogen and oxygen atoms in total. The maximum absolute atomic E-state index is 13.7. The molecule has 23 heavy (non-hydrogen) atoms. The predicted molar refractivity (Wildman–Crippen MR) is 88.1 cm³/mol. The summed E-state index contributed by atoms with van der Waals surface area (Å²) in [5.74, 6) is -1.11. The Morgan fingerprint density at radius 1 is 1.13 bits per heavy atom. The third-order valence-corrected chi connectivity index (χ3v) is 3.74. The first-order valence-electron chi connectivity index (χ1n) is 7.46. The standard InChI is InChI=1S/C18H19F2N3/c1-11-6-4-5-7-12(11)17-22-15-8-13(19)14(20)9-16(15)23(17)10-18(2,3)21/h4-9H,10,21H2,1-3H3. The summed E-state index contributed by atoms with van der Waals surface area (Å²) in [5.41, 5.74) is 8.57. The molecular formula is C18H19F2N3. The van der Waals surface area contributed by atoms with Gasteiger partial charge in [-0.3, -0.25) is 0 Å². The molecule has 0 saturated carbocycles. The first-order chi connectivity index (χ1) is 10.8. The number of rotatable bonds is 3. The van der Waals surface area contributed by atoms with E-state index < -0.39 is 17.2 Å². The monoisotopic (exact) mass is 315 g/mol. The van der Waals surface area contributed by atoms with Gasteiger partial charge in [-0.2, -0.15) is 0 Å². The van der Waals surface area contributed by atoms with Crippen molar-refractivity contribution in [2.45, 2.75) is 32.9 Å². The number of aryl methyl sites for hydroxylation is 1. The Balaban J connectivity index is 2.32. The SMILES string of the molecule is Cc1ccccc1-c1nc2cc(F)c(F)cc2n1CC(C)(C)N. The average molecular weight is 315 g/mol. The number of imidazole rings is 1. The zero-order valence-corrected chi connectivity index (χ0v) is 13.4. The summed E-state index contributed by atoms with van der Waals surface area (Å²) >= 11 is 0. The highest BCUT2D eigenvalue weighted by Gasteiger charge is 2.21. The van der Waals surface area contributed by atoms with Crippen molar-refractivity contribution in [2.75, 3.05) is 0 Å². The molecule has 0 fully saturated rings. The molecule has 3 aromatic rings. The second kappa shape index (κ2) is 5.42. The zero-order chi connectivity index (χ0) is 16.8. The number of fused-ring (bicyclic) bond motifs is 1. The summed E-state index contributed by atoms with van der Waals surface area (Å²) in [4.78, 5) is 4.53. The molecule has 120 valence electrons. The van der Waals surface area contributed by atoms with E-state index in [1.54, 1.807) is 0 Å². The third kappa shape index (κ3) is 2.97. The van der Waals surface area contributed by atoms with Gasteiger partial charge in [0.05, 0.1) is 11.0 Å². The van der Waals surface area contributed by atoms with E-state index in [1.165, 1.54) is 6.07 Å². The lowest BCUT2D eigenvalue weighted by Gasteiger charge is -2.21. The molecule has 0 aliphatic carbocycles. The molecule has 0 amide bonds. The van der Waals surface area contributed by atoms with E-state index in [-0.39, 0.29) is 0 Å². The largest absolute Gasteiger partial charge is 0.324 e. The van der Waals surface area contributed by atoms with Crippen molar-refractivity contribution in [3.63, 3.8) is 0 Å².